The highest BCUT2D eigenvalue weighted by Crippen LogP contribution is 2.25. The molecule has 0 aliphatic rings. The van der Waals surface area contributed by atoms with E-state index in [4.69, 9.17) is 5.11 Å². The molecule has 10 heteroatoms. The topological polar surface area (TPSA) is 57.6 Å². The van der Waals surface area contributed by atoms with Crippen molar-refractivity contribution in [2.75, 3.05) is 13.6 Å². The maximum absolute atomic E-state index is 13.8. The largest absolute Gasteiger partial charge is 0.391 e. The second-order valence-electron chi connectivity index (χ2n) is 4.19. The van der Waals surface area contributed by atoms with Crippen LogP contribution in [-0.4, -0.2) is 37.6 Å². The number of aliphatic hydroxyl groups excluding tert-OH is 1. The summed E-state index contributed by atoms with van der Waals surface area (Å²) in [5.41, 5.74) is -0.861. The third-order valence-corrected chi connectivity index (χ3v) is 4.58. The fraction of sp³-hybridized carbons (Fsp3) is 0.455. The van der Waals surface area contributed by atoms with Crippen LogP contribution >= 0.6 is 0 Å². The Labute approximate surface area is 117 Å². The first-order valence-electron chi connectivity index (χ1n) is 5.61. The summed E-state index contributed by atoms with van der Waals surface area (Å²) in [5.74, 6) is -2.66. The van der Waals surface area contributed by atoms with Gasteiger partial charge in [0.15, 0.2) is 5.82 Å². The number of benzene rings is 1. The fourth-order valence-electron chi connectivity index (χ4n) is 1.49. The molecule has 1 aromatic carbocycles. The van der Waals surface area contributed by atoms with E-state index < -0.39 is 57.9 Å². The van der Waals surface area contributed by atoms with Gasteiger partial charge in [0.05, 0.1) is 18.6 Å². The van der Waals surface area contributed by atoms with Gasteiger partial charge in [0, 0.05) is 13.6 Å². The van der Waals surface area contributed by atoms with Gasteiger partial charge in [-0.2, -0.15) is 13.2 Å². The maximum atomic E-state index is 13.8. The number of hydrogen-bond donors (Lipinski definition) is 1. The predicted molar refractivity (Wildman–Crippen MR) is 62.8 cm³/mol. The van der Waals surface area contributed by atoms with Crippen molar-refractivity contribution in [3.63, 3.8) is 0 Å². The summed E-state index contributed by atoms with van der Waals surface area (Å²) in [6.07, 6.45) is -5.97. The van der Waals surface area contributed by atoms with Crippen LogP contribution in [0.1, 0.15) is 12.0 Å². The van der Waals surface area contributed by atoms with Crippen LogP contribution in [0.25, 0.3) is 0 Å². The Balaban J connectivity index is 3.14. The molecule has 0 aliphatic heterocycles. The number of sulfonamides is 1. The van der Waals surface area contributed by atoms with Gasteiger partial charge in [0.1, 0.15) is 10.7 Å². The van der Waals surface area contributed by atoms with Gasteiger partial charge in [-0.1, -0.05) is 0 Å². The summed E-state index contributed by atoms with van der Waals surface area (Å²) >= 11 is 0. The van der Waals surface area contributed by atoms with Crippen molar-refractivity contribution in [3.05, 3.63) is 29.3 Å². The second-order valence-corrected chi connectivity index (χ2v) is 6.20. The Bertz CT molecular complexity index is 615. The van der Waals surface area contributed by atoms with Gasteiger partial charge in [-0.25, -0.2) is 21.5 Å². The van der Waals surface area contributed by atoms with Crippen molar-refractivity contribution in [2.24, 2.45) is 0 Å². The van der Waals surface area contributed by atoms with Crippen molar-refractivity contribution in [3.8, 4) is 0 Å². The normalized spacial score (nSPS) is 13.0. The molecular formula is C11H12F5NO3S. The van der Waals surface area contributed by atoms with Crippen molar-refractivity contribution in [1.29, 1.82) is 0 Å². The predicted octanol–water partition coefficient (Wildman–Crippen LogP) is 2.03. The lowest BCUT2D eigenvalue weighted by Gasteiger charge is -2.19. The first kappa shape index (κ1) is 17.8. The van der Waals surface area contributed by atoms with Crippen LogP contribution in [0, 0.1) is 11.6 Å². The van der Waals surface area contributed by atoms with Crippen LogP contribution in [0.5, 0.6) is 0 Å². The Morgan fingerprint density at radius 3 is 2.29 bits per heavy atom. The Hall–Kier alpha value is -1.26. The van der Waals surface area contributed by atoms with E-state index in [-0.39, 0.29) is 0 Å². The van der Waals surface area contributed by atoms with Gasteiger partial charge < -0.3 is 5.11 Å². The molecule has 0 bridgehead atoms. The van der Waals surface area contributed by atoms with Crippen molar-refractivity contribution >= 4 is 10.0 Å². The highest BCUT2D eigenvalue weighted by atomic mass is 32.2. The van der Waals surface area contributed by atoms with Crippen LogP contribution in [0.3, 0.4) is 0 Å². The van der Waals surface area contributed by atoms with Crippen molar-refractivity contribution < 1.29 is 35.5 Å². The van der Waals surface area contributed by atoms with Crippen molar-refractivity contribution in [1.82, 2.24) is 4.31 Å². The average molecular weight is 333 g/mol. The molecule has 120 valence electrons. The lowest BCUT2D eigenvalue weighted by atomic mass is 10.2. The van der Waals surface area contributed by atoms with Gasteiger partial charge in [-0.15, -0.1) is 0 Å². The minimum absolute atomic E-state index is 0.317. The number of rotatable bonds is 5. The first-order valence-corrected chi connectivity index (χ1v) is 7.05. The second kappa shape index (κ2) is 6.24. The Morgan fingerprint density at radius 2 is 1.81 bits per heavy atom. The summed E-state index contributed by atoms with van der Waals surface area (Å²) < 4.78 is 87.5. The summed E-state index contributed by atoms with van der Waals surface area (Å²) in [4.78, 5) is -0.988. The minimum atomic E-state index is -4.57. The molecule has 0 saturated heterocycles. The van der Waals surface area contributed by atoms with Gasteiger partial charge in [0.2, 0.25) is 10.0 Å². The monoisotopic (exact) mass is 333 g/mol. The maximum Gasteiger partial charge on any atom is 0.390 e. The molecule has 21 heavy (non-hydrogen) atoms. The Morgan fingerprint density at radius 1 is 1.24 bits per heavy atom. The third-order valence-electron chi connectivity index (χ3n) is 2.71. The molecule has 0 heterocycles. The molecule has 0 amide bonds. The van der Waals surface area contributed by atoms with Gasteiger partial charge in [-0.05, 0) is 12.1 Å². The van der Waals surface area contributed by atoms with Crippen LogP contribution in [0.15, 0.2) is 17.0 Å². The lowest BCUT2D eigenvalue weighted by Crippen LogP contribution is -2.31. The first-order chi connectivity index (χ1) is 9.50. The lowest BCUT2D eigenvalue weighted by molar-refractivity contribution is -0.135. The zero-order valence-corrected chi connectivity index (χ0v) is 11.6. The molecule has 0 spiro atoms. The van der Waals surface area contributed by atoms with Crippen LogP contribution in [-0.2, 0) is 16.6 Å². The number of aliphatic hydroxyl groups is 1. The highest BCUT2D eigenvalue weighted by Gasteiger charge is 2.32. The summed E-state index contributed by atoms with van der Waals surface area (Å²) in [5, 5.41) is 8.80. The number of halogens is 5. The molecule has 1 aromatic rings. The van der Waals surface area contributed by atoms with E-state index in [1.54, 1.807) is 0 Å². The smallest absolute Gasteiger partial charge is 0.390 e. The van der Waals surface area contributed by atoms with Crippen molar-refractivity contribution in [2.45, 2.75) is 24.1 Å². The van der Waals surface area contributed by atoms with E-state index >= 15 is 0 Å². The zero-order valence-electron chi connectivity index (χ0n) is 10.8. The van der Waals surface area contributed by atoms with E-state index in [0.717, 1.165) is 7.05 Å². The summed E-state index contributed by atoms with van der Waals surface area (Å²) in [6, 6.07) is 1.22. The van der Waals surface area contributed by atoms with E-state index in [2.05, 4.69) is 0 Å². The van der Waals surface area contributed by atoms with E-state index in [9.17, 15) is 30.4 Å². The molecule has 0 unspecified atom stereocenters. The number of alkyl halides is 3. The minimum Gasteiger partial charge on any atom is -0.391 e. The fourth-order valence-corrected chi connectivity index (χ4v) is 2.75. The molecule has 0 saturated carbocycles. The Kier molecular flexibility index (Phi) is 5.29. The molecule has 0 fully saturated rings. The van der Waals surface area contributed by atoms with E-state index in [0.29, 0.717) is 16.4 Å². The summed E-state index contributed by atoms with van der Waals surface area (Å²) in [7, 11) is -3.71. The highest BCUT2D eigenvalue weighted by molar-refractivity contribution is 7.89. The van der Waals surface area contributed by atoms with Gasteiger partial charge >= 0.3 is 6.18 Å². The average Bonchev–Trinajstić information content (AvgIpc) is 2.35. The van der Waals surface area contributed by atoms with E-state index in [1.807, 2.05) is 0 Å². The van der Waals surface area contributed by atoms with Crippen LogP contribution in [0.4, 0.5) is 22.0 Å². The molecule has 4 nitrogen and oxygen atoms in total. The molecule has 0 radical (unpaired) electrons. The zero-order chi connectivity index (χ0) is 16.4. The SMILES string of the molecule is CN(CCC(F)(F)F)S(=O)(=O)c1ccc(F)c(CO)c1F. The molecule has 0 atom stereocenters. The molecule has 1 rings (SSSR count). The quantitative estimate of drug-likeness (QED) is 0.839. The molecule has 1 N–H and O–H groups in total. The van der Waals surface area contributed by atoms with Gasteiger partial charge in [0.25, 0.3) is 0 Å². The molecular weight excluding hydrogens is 321 g/mol. The van der Waals surface area contributed by atoms with E-state index in [1.165, 1.54) is 0 Å². The summed E-state index contributed by atoms with van der Waals surface area (Å²) in [6.45, 7) is -1.98. The third kappa shape index (κ3) is 4.11. The molecule has 0 aromatic heterocycles. The number of hydrogen-bond acceptors (Lipinski definition) is 3. The van der Waals surface area contributed by atoms with Gasteiger partial charge in [-0.3, -0.25) is 0 Å². The number of nitrogens with zero attached hydrogens (tertiary/aromatic N) is 1. The van der Waals surface area contributed by atoms with Crippen LogP contribution < -0.4 is 0 Å². The van der Waals surface area contributed by atoms with Crippen LogP contribution in [0.2, 0.25) is 0 Å². The molecule has 0 aliphatic carbocycles. The standard InChI is InChI=1S/C11H12F5NO3S/c1-17(5-4-11(14,15)16)21(19,20)9-3-2-8(12)7(6-18)10(9)13/h2-3,18H,4-6H2,1H3.